The van der Waals surface area contributed by atoms with E-state index in [1.165, 1.54) is 14.2 Å². The molecule has 0 aromatic heterocycles. The zero-order chi connectivity index (χ0) is 19.3. The highest BCUT2D eigenvalue weighted by molar-refractivity contribution is 6.13. The van der Waals surface area contributed by atoms with E-state index in [0.29, 0.717) is 12.8 Å². The molecule has 2 aliphatic carbocycles. The molecule has 2 bridgehead atoms. The first kappa shape index (κ1) is 19.5. The van der Waals surface area contributed by atoms with Crippen molar-refractivity contribution in [1.82, 2.24) is 0 Å². The second kappa shape index (κ2) is 6.41. The quantitative estimate of drug-likeness (QED) is 0.294. The number of Topliss-reactive ketones (excluding diaryl/α,β-unsaturated/α-hetero) is 1. The van der Waals surface area contributed by atoms with Gasteiger partial charge in [0.15, 0.2) is 11.4 Å². The minimum atomic E-state index is -1.27. The summed E-state index contributed by atoms with van der Waals surface area (Å²) in [5.74, 6) is -1.43. The molecule has 7 heteroatoms. The minimum absolute atomic E-state index is 0.0322. The fourth-order valence-electron chi connectivity index (χ4n) is 5.22. The second-order valence-electron chi connectivity index (χ2n) is 8.08. The molecule has 3 fully saturated rings. The number of hydrogen-bond donors (Lipinski definition) is 0. The van der Waals surface area contributed by atoms with Gasteiger partial charge in [0.2, 0.25) is 0 Å². The average molecular weight is 368 g/mol. The summed E-state index contributed by atoms with van der Waals surface area (Å²) < 4.78 is 27.6. The van der Waals surface area contributed by atoms with Crippen LogP contribution in [-0.4, -0.2) is 56.9 Å². The van der Waals surface area contributed by atoms with Gasteiger partial charge in [0.1, 0.15) is 24.6 Å². The van der Waals surface area contributed by atoms with E-state index in [1.54, 1.807) is 0 Å². The highest BCUT2D eigenvalue weighted by Crippen LogP contribution is 2.67. The van der Waals surface area contributed by atoms with Gasteiger partial charge < -0.3 is 23.7 Å². The van der Waals surface area contributed by atoms with Crippen LogP contribution in [0.3, 0.4) is 0 Å². The topological polar surface area (TPSA) is 80.3 Å². The number of ketones is 1. The molecule has 0 amide bonds. The Morgan fingerprint density at radius 3 is 2.46 bits per heavy atom. The summed E-state index contributed by atoms with van der Waals surface area (Å²) in [6.07, 6.45) is 0.230. The Kier molecular flexibility index (Phi) is 4.80. The van der Waals surface area contributed by atoms with E-state index in [1.807, 2.05) is 20.8 Å². The SMILES string of the molecule is C=C(C)[C@@H]1C[C@@H](OCOC)[C@]2(OCOC)C[C@H]3C(C)(C)OC(=O)[C@]13C2=O. The molecule has 5 atom stereocenters. The maximum absolute atomic E-state index is 13.8. The summed E-state index contributed by atoms with van der Waals surface area (Å²) in [5.41, 5.74) is -2.52. The summed E-state index contributed by atoms with van der Waals surface area (Å²) in [7, 11) is 3.02. The van der Waals surface area contributed by atoms with Crippen molar-refractivity contribution < 1.29 is 33.3 Å². The van der Waals surface area contributed by atoms with Crippen LogP contribution in [0.25, 0.3) is 0 Å². The van der Waals surface area contributed by atoms with Crippen LogP contribution in [0.1, 0.15) is 33.6 Å². The van der Waals surface area contributed by atoms with Crippen LogP contribution in [0.15, 0.2) is 12.2 Å². The average Bonchev–Trinajstić information content (AvgIpc) is 2.87. The molecule has 146 valence electrons. The van der Waals surface area contributed by atoms with E-state index >= 15 is 0 Å². The third-order valence-electron chi connectivity index (χ3n) is 6.29. The monoisotopic (exact) mass is 368 g/mol. The fraction of sp³-hybridized carbons (Fsp3) is 0.789. The minimum Gasteiger partial charge on any atom is -0.459 e. The van der Waals surface area contributed by atoms with Gasteiger partial charge >= 0.3 is 5.97 Å². The first-order chi connectivity index (χ1) is 12.2. The number of rotatable bonds is 7. The van der Waals surface area contributed by atoms with Gasteiger partial charge in [0, 0.05) is 26.1 Å². The number of cyclic esters (lactones) is 1. The van der Waals surface area contributed by atoms with Crippen molar-refractivity contribution in [2.24, 2.45) is 17.3 Å². The van der Waals surface area contributed by atoms with Crippen LogP contribution < -0.4 is 0 Å². The normalized spacial score (nSPS) is 40.4. The molecule has 1 aliphatic heterocycles. The molecule has 7 nitrogen and oxygen atoms in total. The van der Waals surface area contributed by atoms with Gasteiger partial charge in [-0.15, -0.1) is 0 Å². The maximum atomic E-state index is 13.8. The molecule has 1 heterocycles. The van der Waals surface area contributed by atoms with Gasteiger partial charge in [0.25, 0.3) is 0 Å². The number of carbonyl (C=O) groups is 2. The first-order valence-electron chi connectivity index (χ1n) is 8.85. The first-order valence-corrected chi connectivity index (χ1v) is 8.85. The third-order valence-corrected chi connectivity index (χ3v) is 6.29. The fourth-order valence-corrected chi connectivity index (χ4v) is 5.22. The number of allylic oxidation sites excluding steroid dienone is 1. The lowest BCUT2D eigenvalue weighted by Crippen LogP contribution is -2.61. The second-order valence-corrected chi connectivity index (χ2v) is 8.08. The summed E-state index contributed by atoms with van der Waals surface area (Å²) in [4.78, 5) is 26.8. The van der Waals surface area contributed by atoms with Crippen LogP contribution in [0.2, 0.25) is 0 Å². The van der Waals surface area contributed by atoms with Crippen LogP contribution in [0.5, 0.6) is 0 Å². The standard InChI is InChI=1S/C19H28O7/c1-11(2)12-7-14(24-9-22-5)18(25-10-23-6)8-13-17(3,4)26-16(21)19(12,13)15(18)20/h12-14H,1,7-10H2,2-6H3/t12-,13-,14+,18+,19+/m0/s1. The van der Waals surface area contributed by atoms with E-state index in [2.05, 4.69) is 6.58 Å². The van der Waals surface area contributed by atoms with Crippen molar-refractivity contribution >= 4 is 11.8 Å². The molecular formula is C19H28O7. The van der Waals surface area contributed by atoms with Gasteiger partial charge in [-0.1, -0.05) is 12.2 Å². The Labute approximate surface area is 153 Å². The van der Waals surface area contributed by atoms with Gasteiger partial charge in [-0.05, 0) is 33.6 Å². The van der Waals surface area contributed by atoms with E-state index in [0.717, 1.165) is 5.57 Å². The number of ether oxygens (including phenoxy) is 5. The number of carbonyl (C=O) groups excluding carboxylic acids is 2. The van der Waals surface area contributed by atoms with Crippen molar-refractivity contribution in [3.63, 3.8) is 0 Å². The third kappa shape index (κ3) is 2.34. The Balaban J connectivity index is 2.14. The lowest BCUT2D eigenvalue weighted by Gasteiger charge is -2.45. The Bertz CT molecular complexity index is 627. The van der Waals surface area contributed by atoms with Gasteiger partial charge in [0.05, 0.1) is 6.10 Å². The van der Waals surface area contributed by atoms with E-state index in [9.17, 15) is 9.59 Å². The summed E-state index contributed by atoms with van der Waals surface area (Å²) >= 11 is 0. The molecule has 3 aliphatic rings. The number of fused-ring (bicyclic) bond motifs is 1. The van der Waals surface area contributed by atoms with Crippen LogP contribution in [0, 0.1) is 17.3 Å². The predicted molar refractivity (Wildman–Crippen MR) is 91.1 cm³/mol. The lowest BCUT2D eigenvalue weighted by molar-refractivity contribution is -0.221. The van der Waals surface area contributed by atoms with Gasteiger partial charge in [-0.2, -0.15) is 0 Å². The van der Waals surface area contributed by atoms with Crippen LogP contribution >= 0.6 is 0 Å². The largest absolute Gasteiger partial charge is 0.459 e. The van der Waals surface area contributed by atoms with E-state index < -0.39 is 28.7 Å². The molecule has 1 saturated heterocycles. The summed E-state index contributed by atoms with van der Waals surface area (Å²) in [6, 6.07) is 0. The smallest absolute Gasteiger partial charge is 0.321 e. The molecule has 1 spiro atoms. The molecule has 2 saturated carbocycles. The lowest BCUT2D eigenvalue weighted by atomic mass is 9.59. The molecule has 0 aromatic rings. The van der Waals surface area contributed by atoms with Crippen LogP contribution in [0.4, 0.5) is 0 Å². The number of esters is 1. The van der Waals surface area contributed by atoms with Crippen molar-refractivity contribution in [2.75, 3.05) is 27.8 Å². The van der Waals surface area contributed by atoms with Crippen molar-refractivity contribution in [2.45, 2.75) is 50.9 Å². The predicted octanol–water partition coefficient (Wildman–Crippen LogP) is 1.84. The maximum Gasteiger partial charge on any atom is 0.321 e. The number of hydrogen-bond acceptors (Lipinski definition) is 7. The van der Waals surface area contributed by atoms with E-state index in [4.69, 9.17) is 23.7 Å². The van der Waals surface area contributed by atoms with Crippen molar-refractivity contribution in [3.8, 4) is 0 Å². The Morgan fingerprint density at radius 2 is 1.88 bits per heavy atom. The molecule has 3 rings (SSSR count). The Morgan fingerprint density at radius 1 is 1.23 bits per heavy atom. The molecule has 0 unspecified atom stereocenters. The zero-order valence-electron chi connectivity index (χ0n) is 16.1. The van der Waals surface area contributed by atoms with Gasteiger partial charge in [-0.25, -0.2) is 0 Å². The molecule has 0 aromatic carbocycles. The summed E-state index contributed by atoms with van der Waals surface area (Å²) in [5, 5.41) is 0. The van der Waals surface area contributed by atoms with Crippen molar-refractivity contribution in [3.05, 3.63) is 12.2 Å². The highest BCUT2D eigenvalue weighted by atomic mass is 16.7. The highest BCUT2D eigenvalue weighted by Gasteiger charge is 2.81. The molecule has 0 radical (unpaired) electrons. The molecule has 26 heavy (non-hydrogen) atoms. The number of methoxy groups -OCH3 is 2. The molecular weight excluding hydrogens is 340 g/mol. The van der Waals surface area contributed by atoms with Crippen LogP contribution in [-0.2, 0) is 33.3 Å². The molecule has 0 N–H and O–H groups in total. The summed E-state index contributed by atoms with van der Waals surface area (Å²) in [6.45, 7) is 9.57. The van der Waals surface area contributed by atoms with Crippen molar-refractivity contribution in [1.29, 1.82) is 0 Å². The van der Waals surface area contributed by atoms with E-state index in [-0.39, 0.29) is 31.2 Å². The Hall–Kier alpha value is -1.28. The zero-order valence-corrected chi connectivity index (χ0v) is 16.1. The van der Waals surface area contributed by atoms with Gasteiger partial charge in [-0.3, -0.25) is 9.59 Å².